The van der Waals surface area contributed by atoms with Crippen molar-refractivity contribution in [2.45, 2.75) is 27.2 Å². The van der Waals surface area contributed by atoms with E-state index in [0.717, 1.165) is 6.42 Å². The highest BCUT2D eigenvalue weighted by Crippen LogP contribution is 2.34. The zero-order chi connectivity index (χ0) is 14.9. The first-order valence-electron chi connectivity index (χ1n) is 6.33. The Bertz CT molecular complexity index is 691. The number of thiophene rings is 1. The SMILES string of the molecule is CCCOC(=O)c1sc2nc(C)c(C(C)=O)cc2c1N. The monoisotopic (exact) mass is 292 g/mol. The summed E-state index contributed by atoms with van der Waals surface area (Å²) < 4.78 is 5.09. The average Bonchev–Trinajstić information content (AvgIpc) is 2.71. The molecular weight excluding hydrogens is 276 g/mol. The normalized spacial score (nSPS) is 10.8. The van der Waals surface area contributed by atoms with E-state index in [4.69, 9.17) is 10.5 Å². The molecule has 2 N–H and O–H groups in total. The van der Waals surface area contributed by atoms with Crippen LogP contribution in [-0.2, 0) is 4.74 Å². The van der Waals surface area contributed by atoms with E-state index >= 15 is 0 Å². The molecule has 0 bridgehead atoms. The van der Waals surface area contributed by atoms with Crippen LogP contribution in [-0.4, -0.2) is 23.3 Å². The molecule has 0 aromatic carbocycles. The van der Waals surface area contributed by atoms with E-state index in [1.165, 1.54) is 18.3 Å². The van der Waals surface area contributed by atoms with E-state index in [0.29, 0.717) is 38.6 Å². The van der Waals surface area contributed by atoms with Gasteiger partial charge in [0.1, 0.15) is 9.71 Å². The number of ether oxygens (including phenoxy) is 1. The molecule has 0 aliphatic carbocycles. The van der Waals surface area contributed by atoms with Crippen LogP contribution in [0.1, 0.15) is 46.0 Å². The van der Waals surface area contributed by atoms with Gasteiger partial charge in [0, 0.05) is 16.6 Å². The molecule has 0 fully saturated rings. The molecule has 0 aliphatic heterocycles. The van der Waals surface area contributed by atoms with Gasteiger partial charge in [-0.25, -0.2) is 9.78 Å². The molecular formula is C14H16N2O3S. The van der Waals surface area contributed by atoms with Gasteiger partial charge in [0.2, 0.25) is 0 Å². The van der Waals surface area contributed by atoms with E-state index in [2.05, 4.69) is 4.98 Å². The Morgan fingerprint density at radius 1 is 1.45 bits per heavy atom. The fourth-order valence-electron chi connectivity index (χ4n) is 1.90. The summed E-state index contributed by atoms with van der Waals surface area (Å²) in [4.78, 5) is 28.8. The van der Waals surface area contributed by atoms with E-state index in [9.17, 15) is 9.59 Å². The number of nitrogens with two attached hydrogens (primary N) is 1. The van der Waals surface area contributed by atoms with Gasteiger partial charge in [-0.05, 0) is 26.3 Å². The number of pyridine rings is 1. The number of nitrogens with zero attached hydrogens (tertiary/aromatic N) is 1. The lowest BCUT2D eigenvalue weighted by Crippen LogP contribution is -2.06. The summed E-state index contributed by atoms with van der Waals surface area (Å²) in [6.45, 7) is 5.53. The fraction of sp³-hybridized carbons (Fsp3) is 0.357. The van der Waals surface area contributed by atoms with Crippen molar-refractivity contribution in [1.82, 2.24) is 4.98 Å². The summed E-state index contributed by atoms with van der Waals surface area (Å²) in [6.07, 6.45) is 0.752. The molecule has 0 amide bonds. The standard InChI is InChI=1S/C14H16N2O3S/c1-4-5-19-14(18)12-11(15)10-6-9(8(3)17)7(2)16-13(10)20-12/h6H,4-5,15H2,1-3H3. The highest BCUT2D eigenvalue weighted by Gasteiger charge is 2.20. The Balaban J connectivity index is 2.53. The van der Waals surface area contributed by atoms with Crippen LogP contribution in [0, 0.1) is 6.92 Å². The minimum atomic E-state index is -0.436. The van der Waals surface area contributed by atoms with Gasteiger partial charge in [-0.1, -0.05) is 6.92 Å². The summed E-state index contributed by atoms with van der Waals surface area (Å²) in [5.74, 6) is -0.507. The lowest BCUT2D eigenvalue weighted by Gasteiger charge is -2.02. The average molecular weight is 292 g/mol. The van der Waals surface area contributed by atoms with Gasteiger partial charge in [-0.3, -0.25) is 4.79 Å². The number of carbonyl (C=O) groups is 2. The van der Waals surface area contributed by atoms with Crippen LogP contribution in [0.25, 0.3) is 10.2 Å². The Morgan fingerprint density at radius 3 is 2.75 bits per heavy atom. The van der Waals surface area contributed by atoms with Crippen LogP contribution >= 0.6 is 11.3 Å². The molecule has 0 unspecified atom stereocenters. The van der Waals surface area contributed by atoms with Gasteiger partial charge >= 0.3 is 5.97 Å². The van der Waals surface area contributed by atoms with Crippen molar-refractivity contribution in [3.63, 3.8) is 0 Å². The molecule has 0 aliphatic rings. The van der Waals surface area contributed by atoms with Crippen LogP contribution in [0.3, 0.4) is 0 Å². The molecule has 0 saturated carbocycles. The molecule has 0 saturated heterocycles. The first kappa shape index (κ1) is 14.5. The summed E-state index contributed by atoms with van der Waals surface area (Å²) in [5.41, 5.74) is 7.49. The topological polar surface area (TPSA) is 82.3 Å². The van der Waals surface area contributed by atoms with E-state index < -0.39 is 5.97 Å². The third-order valence-corrected chi connectivity index (χ3v) is 4.01. The maximum absolute atomic E-state index is 11.9. The van der Waals surface area contributed by atoms with Gasteiger partial charge in [0.25, 0.3) is 0 Å². The number of hydrogen-bond donors (Lipinski definition) is 1. The predicted octanol–water partition coefficient (Wildman–Crippen LogP) is 2.96. The van der Waals surface area contributed by atoms with Crippen LogP contribution in [0.15, 0.2) is 6.07 Å². The molecule has 2 aromatic heterocycles. The molecule has 2 heterocycles. The second kappa shape index (κ2) is 5.58. The fourth-order valence-corrected chi connectivity index (χ4v) is 2.91. The summed E-state index contributed by atoms with van der Waals surface area (Å²) >= 11 is 1.20. The van der Waals surface area contributed by atoms with Crippen molar-refractivity contribution < 1.29 is 14.3 Å². The largest absolute Gasteiger partial charge is 0.461 e. The van der Waals surface area contributed by atoms with Gasteiger partial charge in [-0.2, -0.15) is 0 Å². The number of aromatic nitrogens is 1. The van der Waals surface area contributed by atoms with Crippen LogP contribution < -0.4 is 5.73 Å². The maximum atomic E-state index is 11.9. The summed E-state index contributed by atoms with van der Waals surface area (Å²) in [6, 6.07) is 1.70. The summed E-state index contributed by atoms with van der Waals surface area (Å²) in [5, 5.41) is 0.634. The molecule has 2 rings (SSSR count). The number of fused-ring (bicyclic) bond motifs is 1. The Labute approximate surface area is 120 Å². The lowest BCUT2D eigenvalue weighted by atomic mass is 10.1. The number of hydrogen-bond acceptors (Lipinski definition) is 6. The maximum Gasteiger partial charge on any atom is 0.350 e. The predicted molar refractivity (Wildman–Crippen MR) is 79.3 cm³/mol. The van der Waals surface area contributed by atoms with Crippen molar-refractivity contribution in [3.05, 3.63) is 22.2 Å². The third-order valence-electron chi connectivity index (χ3n) is 2.91. The van der Waals surface area contributed by atoms with Gasteiger partial charge < -0.3 is 10.5 Å². The van der Waals surface area contributed by atoms with E-state index in [-0.39, 0.29) is 5.78 Å². The minimum absolute atomic E-state index is 0.0717. The number of anilines is 1. The number of ketones is 1. The molecule has 5 nitrogen and oxygen atoms in total. The number of nitrogen functional groups attached to an aromatic ring is 1. The number of aryl methyl sites for hydroxylation is 1. The number of carbonyl (C=O) groups excluding carboxylic acids is 2. The number of Topliss-reactive ketones (excluding diaryl/α,β-unsaturated/α-hetero) is 1. The molecule has 0 spiro atoms. The molecule has 0 atom stereocenters. The quantitative estimate of drug-likeness (QED) is 0.692. The smallest absolute Gasteiger partial charge is 0.350 e. The lowest BCUT2D eigenvalue weighted by molar-refractivity contribution is 0.0512. The number of esters is 1. The van der Waals surface area contributed by atoms with Crippen molar-refractivity contribution in [1.29, 1.82) is 0 Å². The first-order chi connectivity index (χ1) is 9.45. The van der Waals surface area contributed by atoms with Crippen molar-refractivity contribution in [2.75, 3.05) is 12.3 Å². The van der Waals surface area contributed by atoms with Crippen LogP contribution in [0.5, 0.6) is 0 Å². The second-order valence-corrected chi connectivity index (χ2v) is 5.51. The molecule has 20 heavy (non-hydrogen) atoms. The van der Waals surface area contributed by atoms with Crippen LogP contribution in [0.2, 0.25) is 0 Å². The molecule has 106 valence electrons. The third kappa shape index (κ3) is 2.51. The van der Waals surface area contributed by atoms with Gasteiger partial charge in [-0.15, -0.1) is 11.3 Å². The highest BCUT2D eigenvalue weighted by atomic mass is 32.1. The van der Waals surface area contributed by atoms with E-state index in [1.54, 1.807) is 13.0 Å². The minimum Gasteiger partial charge on any atom is -0.461 e. The van der Waals surface area contributed by atoms with Crippen molar-refractivity contribution >= 4 is 39.0 Å². The highest BCUT2D eigenvalue weighted by molar-refractivity contribution is 7.21. The summed E-state index contributed by atoms with van der Waals surface area (Å²) in [7, 11) is 0. The number of rotatable bonds is 4. The Kier molecular flexibility index (Phi) is 4.04. The molecule has 6 heteroatoms. The van der Waals surface area contributed by atoms with Gasteiger partial charge in [0.05, 0.1) is 12.3 Å². The van der Waals surface area contributed by atoms with Crippen molar-refractivity contribution in [2.24, 2.45) is 0 Å². The second-order valence-electron chi connectivity index (χ2n) is 4.51. The Hall–Kier alpha value is -1.95. The van der Waals surface area contributed by atoms with Crippen molar-refractivity contribution in [3.8, 4) is 0 Å². The van der Waals surface area contributed by atoms with E-state index in [1.807, 2.05) is 6.92 Å². The molecule has 0 radical (unpaired) electrons. The first-order valence-corrected chi connectivity index (χ1v) is 7.15. The van der Waals surface area contributed by atoms with Gasteiger partial charge in [0.15, 0.2) is 5.78 Å². The zero-order valence-corrected chi connectivity index (χ0v) is 12.5. The Morgan fingerprint density at radius 2 is 2.15 bits per heavy atom. The molecule has 2 aromatic rings. The van der Waals surface area contributed by atoms with Crippen LogP contribution in [0.4, 0.5) is 5.69 Å². The zero-order valence-electron chi connectivity index (χ0n) is 11.6.